The summed E-state index contributed by atoms with van der Waals surface area (Å²) in [5.74, 6) is -0.0445. The summed E-state index contributed by atoms with van der Waals surface area (Å²) in [5, 5.41) is 12.7. The van der Waals surface area contributed by atoms with E-state index in [0.29, 0.717) is 0 Å². The molecule has 0 radical (unpaired) electrons. The molecule has 0 fully saturated rings. The molecule has 0 aliphatic rings. The first-order valence-electron chi connectivity index (χ1n) is 8.18. The molecule has 1 amide bonds. The van der Waals surface area contributed by atoms with Crippen LogP contribution >= 0.6 is 22.7 Å². The van der Waals surface area contributed by atoms with Gasteiger partial charge in [-0.1, -0.05) is 0 Å². The van der Waals surface area contributed by atoms with E-state index >= 15 is 0 Å². The summed E-state index contributed by atoms with van der Waals surface area (Å²) >= 11 is 3.32. The molecule has 132 valence electrons. The first-order chi connectivity index (χ1) is 11.9. The van der Waals surface area contributed by atoms with Crippen LogP contribution in [0.15, 0.2) is 22.9 Å². The molecule has 1 atom stereocenters. The average Bonchev–Trinajstić information content (AvgIpc) is 3.23. The Balaban J connectivity index is 1.76. The highest BCUT2D eigenvalue weighted by Gasteiger charge is 2.20. The van der Waals surface area contributed by atoms with Crippen molar-refractivity contribution in [1.29, 1.82) is 0 Å². The van der Waals surface area contributed by atoms with E-state index in [0.717, 1.165) is 28.5 Å². The van der Waals surface area contributed by atoms with Gasteiger partial charge < -0.3 is 5.32 Å². The van der Waals surface area contributed by atoms with E-state index in [1.165, 1.54) is 10.4 Å². The Bertz CT molecular complexity index is 844. The predicted octanol–water partition coefficient (Wildman–Crippen LogP) is 3.73. The topological polar surface area (TPSA) is 59.8 Å². The second-order valence-corrected chi connectivity index (χ2v) is 8.25. The maximum absolute atomic E-state index is 12.6. The fourth-order valence-corrected chi connectivity index (χ4v) is 4.36. The third kappa shape index (κ3) is 4.35. The van der Waals surface area contributed by atoms with E-state index < -0.39 is 0 Å². The Morgan fingerprint density at radius 3 is 2.68 bits per heavy atom. The van der Waals surface area contributed by atoms with Crippen molar-refractivity contribution in [2.24, 2.45) is 0 Å². The Kier molecular flexibility index (Phi) is 5.34. The molecule has 3 heterocycles. The number of rotatable bonds is 6. The van der Waals surface area contributed by atoms with Crippen molar-refractivity contribution in [2.75, 3.05) is 0 Å². The quantitative estimate of drug-likeness (QED) is 0.715. The minimum atomic E-state index is -0.114. The molecule has 1 N–H and O–H groups in total. The standard InChI is InChI=1S/C18H22N4OS2/c1-11-7-12(2)22(21-11)9-17(23)20-16(8-15-5-6-24-10-15)18-19-13(3)14(4)25-18/h5-7,10,16H,8-9H2,1-4H3,(H,20,23)/t16-/m1/s1. The normalized spacial score (nSPS) is 12.3. The molecule has 7 heteroatoms. The van der Waals surface area contributed by atoms with Gasteiger partial charge in [-0.2, -0.15) is 16.4 Å². The highest BCUT2D eigenvalue weighted by Crippen LogP contribution is 2.26. The number of hydrogen-bond donors (Lipinski definition) is 1. The van der Waals surface area contributed by atoms with Crippen molar-refractivity contribution in [2.45, 2.75) is 46.7 Å². The molecule has 0 saturated heterocycles. The minimum absolute atomic E-state index is 0.0445. The number of hydrogen-bond acceptors (Lipinski definition) is 5. The van der Waals surface area contributed by atoms with Gasteiger partial charge in [-0.3, -0.25) is 9.48 Å². The van der Waals surface area contributed by atoms with E-state index in [-0.39, 0.29) is 18.5 Å². The van der Waals surface area contributed by atoms with Gasteiger partial charge in [0, 0.05) is 17.0 Å². The number of aromatic nitrogens is 3. The monoisotopic (exact) mass is 374 g/mol. The number of aryl methyl sites for hydroxylation is 4. The molecule has 0 unspecified atom stereocenters. The lowest BCUT2D eigenvalue weighted by Crippen LogP contribution is -2.33. The predicted molar refractivity (Wildman–Crippen MR) is 102 cm³/mol. The van der Waals surface area contributed by atoms with Crippen molar-refractivity contribution in [3.63, 3.8) is 0 Å². The van der Waals surface area contributed by atoms with Crippen LogP contribution in [0.5, 0.6) is 0 Å². The molecule has 3 rings (SSSR count). The van der Waals surface area contributed by atoms with Gasteiger partial charge in [0.1, 0.15) is 11.6 Å². The fraction of sp³-hybridized carbons (Fsp3) is 0.389. The van der Waals surface area contributed by atoms with Gasteiger partial charge in [-0.05, 0) is 56.2 Å². The van der Waals surface area contributed by atoms with Crippen LogP contribution in [0.1, 0.15) is 38.6 Å². The Labute approximate surface area is 155 Å². The third-order valence-corrected chi connectivity index (χ3v) is 6.01. The summed E-state index contributed by atoms with van der Waals surface area (Å²) in [7, 11) is 0. The van der Waals surface area contributed by atoms with E-state index in [4.69, 9.17) is 0 Å². The van der Waals surface area contributed by atoms with Gasteiger partial charge in [0.25, 0.3) is 0 Å². The van der Waals surface area contributed by atoms with Crippen LogP contribution in [0.4, 0.5) is 0 Å². The van der Waals surface area contributed by atoms with Crippen molar-refractivity contribution in [3.8, 4) is 0 Å². The minimum Gasteiger partial charge on any atom is -0.345 e. The molecule has 0 aliphatic heterocycles. The number of amides is 1. The zero-order chi connectivity index (χ0) is 18.0. The fourth-order valence-electron chi connectivity index (χ4n) is 2.70. The Morgan fingerprint density at radius 2 is 2.12 bits per heavy atom. The third-order valence-electron chi connectivity index (χ3n) is 4.10. The van der Waals surface area contributed by atoms with E-state index in [2.05, 4.69) is 39.1 Å². The van der Waals surface area contributed by atoms with Gasteiger partial charge in [0.2, 0.25) is 5.91 Å². The SMILES string of the molecule is Cc1cc(C)n(CC(=O)N[C@H](Cc2ccsc2)c2nc(C)c(C)s2)n1. The van der Waals surface area contributed by atoms with Crippen molar-refractivity contribution in [3.05, 3.63) is 55.4 Å². The smallest absolute Gasteiger partial charge is 0.242 e. The largest absolute Gasteiger partial charge is 0.345 e. The van der Waals surface area contributed by atoms with Crippen molar-refractivity contribution < 1.29 is 4.79 Å². The van der Waals surface area contributed by atoms with E-state index in [9.17, 15) is 4.79 Å². The number of thiazole rings is 1. The zero-order valence-electron chi connectivity index (χ0n) is 14.9. The highest BCUT2D eigenvalue weighted by molar-refractivity contribution is 7.11. The summed E-state index contributed by atoms with van der Waals surface area (Å²) in [4.78, 5) is 18.4. The first-order valence-corrected chi connectivity index (χ1v) is 9.93. The number of nitrogens with one attached hydrogen (secondary N) is 1. The molecular weight excluding hydrogens is 352 g/mol. The van der Waals surface area contributed by atoms with E-state index in [1.807, 2.05) is 26.8 Å². The number of nitrogens with zero attached hydrogens (tertiary/aromatic N) is 3. The van der Waals surface area contributed by atoms with Crippen LogP contribution in [0.25, 0.3) is 0 Å². The molecule has 5 nitrogen and oxygen atoms in total. The van der Waals surface area contributed by atoms with Crippen molar-refractivity contribution in [1.82, 2.24) is 20.1 Å². The van der Waals surface area contributed by atoms with Crippen molar-refractivity contribution >= 4 is 28.6 Å². The molecule has 0 aromatic carbocycles. The number of carbonyl (C=O) groups excluding carboxylic acids is 1. The molecule has 3 aromatic heterocycles. The molecule has 0 bridgehead atoms. The van der Waals surface area contributed by atoms with E-state index in [1.54, 1.807) is 27.4 Å². The Morgan fingerprint density at radius 1 is 1.32 bits per heavy atom. The maximum atomic E-state index is 12.6. The molecule has 0 spiro atoms. The average molecular weight is 375 g/mol. The summed E-state index contributed by atoms with van der Waals surface area (Å²) < 4.78 is 1.74. The van der Waals surface area contributed by atoms with Crippen LogP contribution in [-0.4, -0.2) is 20.7 Å². The lowest BCUT2D eigenvalue weighted by atomic mass is 10.1. The van der Waals surface area contributed by atoms with Gasteiger partial charge in [-0.15, -0.1) is 11.3 Å². The number of thiophene rings is 1. The molecule has 0 aliphatic carbocycles. The van der Waals surface area contributed by atoms with Gasteiger partial charge in [0.05, 0.1) is 17.4 Å². The molecule has 0 saturated carbocycles. The maximum Gasteiger partial charge on any atom is 0.242 e. The molecular formula is C18H22N4OS2. The highest BCUT2D eigenvalue weighted by atomic mass is 32.1. The Hall–Kier alpha value is -1.99. The molecule has 3 aromatic rings. The lowest BCUT2D eigenvalue weighted by Gasteiger charge is -2.16. The van der Waals surface area contributed by atoms with Gasteiger partial charge >= 0.3 is 0 Å². The zero-order valence-corrected chi connectivity index (χ0v) is 16.5. The van der Waals surface area contributed by atoms with Crippen LogP contribution in [0.2, 0.25) is 0 Å². The first kappa shape index (κ1) is 17.8. The van der Waals surface area contributed by atoms with Crippen LogP contribution in [0, 0.1) is 27.7 Å². The van der Waals surface area contributed by atoms with Gasteiger partial charge in [-0.25, -0.2) is 4.98 Å². The summed E-state index contributed by atoms with van der Waals surface area (Å²) in [6.07, 6.45) is 0.749. The second-order valence-electron chi connectivity index (χ2n) is 6.23. The second kappa shape index (κ2) is 7.49. The van der Waals surface area contributed by atoms with Crippen LogP contribution in [0.3, 0.4) is 0 Å². The van der Waals surface area contributed by atoms with Crippen LogP contribution < -0.4 is 5.32 Å². The van der Waals surface area contributed by atoms with Crippen LogP contribution in [-0.2, 0) is 17.8 Å². The summed E-state index contributed by atoms with van der Waals surface area (Å²) in [6, 6.07) is 3.96. The summed E-state index contributed by atoms with van der Waals surface area (Å²) in [6.45, 7) is 8.19. The number of carbonyl (C=O) groups is 1. The van der Waals surface area contributed by atoms with Gasteiger partial charge in [0.15, 0.2) is 0 Å². The summed E-state index contributed by atoms with van der Waals surface area (Å²) in [5.41, 5.74) is 4.16. The lowest BCUT2D eigenvalue weighted by molar-refractivity contribution is -0.122. The molecule has 25 heavy (non-hydrogen) atoms.